The zero-order valence-electron chi connectivity index (χ0n) is 16.4. The zero-order valence-corrected chi connectivity index (χ0v) is 16.4. The Morgan fingerprint density at radius 3 is 2.67 bits per heavy atom. The van der Waals surface area contributed by atoms with Crippen LogP contribution < -0.4 is 10.6 Å². The minimum absolute atomic E-state index is 0.174. The molecule has 30 heavy (non-hydrogen) atoms. The molecule has 1 unspecified atom stereocenters. The van der Waals surface area contributed by atoms with E-state index in [0.717, 1.165) is 22.0 Å². The van der Waals surface area contributed by atoms with Crippen molar-refractivity contribution in [2.75, 3.05) is 5.32 Å². The van der Waals surface area contributed by atoms with Crippen molar-refractivity contribution in [2.45, 2.75) is 19.8 Å². The molecule has 3 aromatic rings. The third-order valence-corrected chi connectivity index (χ3v) is 5.07. The van der Waals surface area contributed by atoms with Crippen LogP contribution in [0.15, 0.2) is 65.5 Å². The largest absolute Gasteiger partial charge is 0.357 e. The lowest BCUT2D eigenvalue weighted by Gasteiger charge is -2.28. The van der Waals surface area contributed by atoms with Crippen LogP contribution in [0.1, 0.15) is 30.9 Å². The van der Waals surface area contributed by atoms with Gasteiger partial charge in [0.1, 0.15) is 0 Å². The topological polar surface area (TPSA) is 117 Å². The summed E-state index contributed by atoms with van der Waals surface area (Å²) >= 11 is 0. The number of nitrogens with one attached hydrogen (secondary N) is 3. The number of aromatic amines is 1. The Morgan fingerprint density at radius 2 is 1.93 bits per heavy atom. The first-order chi connectivity index (χ1) is 14.5. The van der Waals surface area contributed by atoms with Crippen LogP contribution in [-0.2, 0) is 4.79 Å². The van der Waals surface area contributed by atoms with Crippen molar-refractivity contribution < 1.29 is 4.79 Å². The lowest BCUT2D eigenvalue weighted by atomic mass is 9.80. The van der Waals surface area contributed by atoms with Gasteiger partial charge in [-0.2, -0.15) is 15.6 Å². The molecular weight excluding hydrogens is 376 g/mol. The van der Waals surface area contributed by atoms with Crippen LogP contribution in [0.3, 0.4) is 0 Å². The van der Waals surface area contributed by atoms with Gasteiger partial charge in [0, 0.05) is 29.3 Å². The number of hydrogen-bond donors (Lipinski definition) is 3. The number of allylic oxidation sites excluding steroid dienone is 3. The highest BCUT2D eigenvalue weighted by molar-refractivity contribution is 5.90. The molecule has 0 saturated heterocycles. The van der Waals surface area contributed by atoms with Gasteiger partial charge in [-0.1, -0.05) is 18.2 Å². The predicted octanol–water partition coefficient (Wildman–Crippen LogP) is 3.94. The number of benzene rings is 2. The van der Waals surface area contributed by atoms with Gasteiger partial charge in [-0.15, -0.1) is 0 Å². The smallest absolute Gasteiger partial charge is 0.221 e. The average Bonchev–Trinajstić information content (AvgIpc) is 3.20. The molecule has 2 heterocycles. The number of nitrogens with zero attached hydrogens (tertiary/aromatic N) is 3. The molecule has 146 valence electrons. The molecule has 1 aliphatic rings. The molecule has 3 N–H and O–H groups in total. The number of aromatic nitrogens is 2. The maximum atomic E-state index is 11.4. The number of dihydropyridines is 1. The lowest BCUT2D eigenvalue weighted by molar-refractivity contribution is -0.114. The molecule has 7 nitrogen and oxygen atoms in total. The van der Waals surface area contributed by atoms with Crippen molar-refractivity contribution >= 4 is 28.2 Å². The van der Waals surface area contributed by atoms with Gasteiger partial charge in [0.15, 0.2) is 0 Å². The van der Waals surface area contributed by atoms with Crippen molar-refractivity contribution in [1.82, 2.24) is 15.5 Å². The van der Waals surface area contributed by atoms with E-state index >= 15 is 0 Å². The van der Waals surface area contributed by atoms with E-state index in [1.54, 1.807) is 12.3 Å². The number of nitriles is 2. The summed E-state index contributed by atoms with van der Waals surface area (Å²) in [6, 6.07) is 17.6. The van der Waals surface area contributed by atoms with Crippen LogP contribution in [-0.4, -0.2) is 16.1 Å². The highest BCUT2D eigenvalue weighted by Gasteiger charge is 2.31. The van der Waals surface area contributed by atoms with Crippen LogP contribution >= 0.6 is 0 Å². The molecule has 7 heteroatoms. The molecule has 1 amide bonds. The molecule has 1 aromatic heterocycles. The summed E-state index contributed by atoms with van der Waals surface area (Å²) in [5.41, 5.74) is 5.37. The highest BCUT2D eigenvalue weighted by atomic mass is 16.1. The number of H-pyrrole nitrogens is 1. The van der Waals surface area contributed by atoms with Crippen molar-refractivity contribution in [2.24, 2.45) is 0 Å². The summed E-state index contributed by atoms with van der Waals surface area (Å²) in [5, 5.41) is 33.8. The first kappa shape index (κ1) is 19.0. The SMILES string of the molecule is CC(=O)Nc1cccc(C2=C(C#N)C(c3ccc4[nH]ncc4c3)C(C#N)=C(C)N2)c1. The number of hydrogen-bond acceptors (Lipinski definition) is 5. The van der Waals surface area contributed by atoms with Crippen LogP contribution in [0.5, 0.6) is 0 Å². The first-order valence-electron chi connectivity index (χ1n) is 9.35. The van der Waals surface area contributed by atoms with Gasteiger partial charge in [-0.3, -0.25) is 9.89 Å². The normalized spacial score (nSPS) is 16.1. The molecule has 0 spiro atoms. The van der Waals surface area contributed by atoms with Crippen LogP contribution in [0.2, 0.25) is 0 Å². The maximum absolute atomic E-state index is 11.4. The number of amides is 1. The molecule has 1 aliphatic heterocycles. The lowest BCUT2D eigenvalue weighted by Crippen LogP contribution is -2.24. The zero-order chi connectivity index (χ0) is 21.3. The van der Waals surface area contributed by atoms with Crippen LogP contribution in [0.4, 0.5) is 5.69 Å². The Bertz CT molecular complexity index is 1320. The van der Waals surface area contributed by atoms with Crippen molar-refractivity contribution in [3.05, 3.63) is 76.6 Å². The number of anilines is 1. The van der Waals surface area contributed by atoms with E-state index in [9.17, 15) is 15.3 Å². The highest BCUT2D eigenvalue weighted by Crippen LogP contribution is 2.40. The Kier molecular flexibility index (Phi) is 4.79. The second-order valence-electron chi connectivity index (χ2n) is 7.09. The molecule has 1 atom stereocenters. The second kappa shape index (κ2) is 7.57. The van der Waals surface area contributed by atoms with Crippen LogP contribution in [0, 0.1) is 22.7 Å². The third kappa shape index (κ3) is 3.30. The fraction of sp³-hybridized carbons (Fsp3) is 0.130. The Hall–Kier alpha value is -4.36. The maximum Gasteiger partial charge on any atom is 0.221 e. The molecule has 0 fully saturated rings. The second-order valence-corrected chi connectivity index (χ2v) is 7.09. The number of carbonyl (C=O) groups is 1. The Morgan fingerprint density at radius 1 is 1.13 bits per heavy atom. The Labute approximate surface area is 173 Å². The van der Waals surface area contributed by atoms with Gasteiger partial charge < -0.3 is 10.6 Å². The molecular formula is C23H18N6O. The summed E-state index contributed by atoms with van der Waals surface area (Å²) in [6.45, 7) is 3.27. The molecule has 2 aromatic carbocycles. The molecule has 4 rings (SSSR count). The monoisotopic (exact) mass is 394 g/mol. The summed E-state index contributed by atoms with van der Waals surface area (Å²) in [7, 11) is 0. The summed E-state index contributed by atoms with van der Waals surface area (Å²) in [4.78, 5) is 11.4. The van der Waals surface area contributed by atoms with E-state index in [1.165, 1.54) is 6.92 Å². The van der Waals surface area contributed by atoms with E-state index in [0.29, 0.717) is 28.2 Å². The molecule has 0 saturated carbocycles. The van der Waals surface area contributed by atoms with Gasteiger partial charge in [0.05, 0.1) is 46.6 Å². The van der Waals surface area contributed by atoms with Gasteiger partial charge in [0.25, 0.3) is 0 Å². The first-order valence-corrected chi connectivity index (χ1v) is 9.35. The predicted molar refractivity (Wildman–Crippen MR) is 114 cm³/mol. The van der Waals surface area contributed by atoms with Crippen molar-refractivity contribution in [1.29, 1.82) is 10.5 Å². The minimum Gasteiger partial charge on any atom is -0.357 e. The minimum atomic E-state index is -0.500. The average molecular weight is 394 g/mol. The van der Waals surface area contributed by atoms with E-state index < -0.39 is 5.92 Å². The van der Waals surface area contributed by atoms with Gasteiger partial charge >= 0.3 is 0 Å². The standard InChI is InChI=1S/C23H18N6O/c1-13-19(10-24)22(15-6-7-21-17(8-15)12-26-29-21)20(11-25)23(27-13)16-4-3-5-18(9-16)28-14(2)30/h3-9,12,22,27H,1-2H3,(H,26,29)(H,28,30). The Balaban J connectivity index is 1.89. The molecule has 0 bridgehead atoms. The summed E-state index contributed by atoms with van der Waals surface area (Å²) in [5.74, 6) is -0.674. The molecule has 0 radical (unpaired) electrons. The fourth-order valence-corrected chi connectivity index (χ4v) is 3.75. The van der Waals surface area contributed by atoms with E-state index in [4.69, 9.17) is 0 Å². The van der Waals surface area contributed by atoms with E-state index in [-0.39, 0.29) is 5.91 Å². The quantitative estimate of drug-likeness (QED) is 0.622. The van der Waals surface area contributed by atoms with Crippen molar-refractivity contribution in [3.63, 3.8) is 0 Å². The number of fused-ring (bicyclic) bond motifs is 1. The number of carbonyl (C=O) groups excluding carboxylic acids is 1. The summed E-state index contributed by atoms with van der Waals surface area (Å²) < 4.78 is 0. The number of rotatable bonds is 3. The van der Waals surface area contributed by atoms with Gasteiger partial charge in [0.2, 0.25) is 5.91 Å². The van der Waals surface area contributed by atoms with Crippen LogP contribution in [0.25, 0.3) is 16.6 Å². The van der Waals surface area contributed by atoms with E-state index in [2.05, 4.69) is 33.0 Å². The third-order valence-electron chi connectivity index (χ3n) is 5.07. The van der Waals surface area contributed by atoms with E-state index in [1.807, 2.05) is 43.3 Å². The summed E-state index contributed by atoms with van der Waals surface area (Å²) in [6.07, 6.45) is 1.72. The molecule has 0 aliphatic carbocycles. The fourth-order valence-electron chi connectivity index (χ4n) is 3.75. The van der Waals surface area contributed by atoms with Gasteiger partial charge in [-0.25, -0.2) is 0 Å². The van der Waals surface area contributed by atoms with Gasteiger partial charge in [-0.05, 0) is 36.8 Å². The van der Waals surface area contributed by atoms with Crippen molar-refractivity contribution in [3.8, 4) is 12.1 Å².